The Labute approximate surface area is 192 Å². The number of aromatic nitrogens is 3. The third-order valence-electron chi connectivity index (χ3n) is 6.78. The van der Waals surface area contributed by atoms with Crippen LogP contribution in [0.15, 0.2) is 110 Å². The SMILES string of the molecule is c1ccc(B2c3cccnc3C3(c4ccccc4Oc4cccnc43)c3ncccc32)cc1. The lowest BCUT2D eigenvalue weighted by Crippen LogP contribution is -2.63. The lowest BCUT2D eigenvalue weighted by atomic mass is 9.32. The molecule has 3 aromatic heterocycles. The highest BCUT2D eigenvalue weighted by atomic mass is 16.5. The predicted octanol–water partition coefficient (Wildman–Crippen LogP) is 3.19. The first kappa shape index (κ1) is 18.3. The van der Waals surface area contributed by atoms with Gasteiger partial charge in [0.15, 0.2) is 5.75 Å². The quantitative estimate of drug-likeness (QED) is 0.381. The molecule has 7 rings (SSSR count). The van der Waals surface area contributed by atoms with Crippen LogP contribution in [0.25, 0.3) is 0 Å². The summed E-state index contributed by atoms with van der Waals surface area (Å²) < 4.78 is 6.33. The molecule has 0 saturated carbocycles. The van der Waals surface area contributed by atoms with Crippen molar-refractivity contribution in [2.75, 3.05) is 0 Å². The van der Waals surface area contributed by atoms with Crippen LogP contribution < -0.4 is 21.1 Å². The number of fused-ring (bicyclic) bond motifs is 8. The largest absolute Gasteiger partial charge is 0.455 e. The summed E-state index contributed by atoms with van der Waals surface area (Å²) in [5.41, 5.74) is 6.55. The number of rotatable bonds is 1. The summed E-state index contributed by atoms with van der Waals surface area (Å²) in [6.07, 6.45) is 5.57. The molecule has 5 aromatic rings. The Morgan fingerprint density at radius 3 is 1.85 bits per heavy atom. The highest BCUT2D eigenvalue weighted by molar-refractivity contribution is 6.96. The van der Waals surface area contributed by atoms with E-state index in [1.54, 1.807) is 0 Å². The van der Waals surface area contributed by atoms with Crippen molar-refractivity contribution in [1.82, 2.24) is 15.0 Å². The van der Waals surface area contributed by atoms with Crippen molar-refractivity contribution >= 4 is 23.1 Å². The van der Waals surface area contributed by atoms with Gasteiger partial charge in [-0.05, 0) is 41.3 Å². The summed E-state index contributed by atoms with van der Waals surface area (Å²) in [5.74, 6) is 1.55. The van der Waals surface area contributed by atoms with Crippen LogP contribution in [-0.4, -0.2) is 21.7 Å². The molecule has 5 heteroatoms. The molecule has 2 aliphatic rings. The molecule has 0 saturated heterocycles. The molecular formula is C28H18BN3O. The molecule has 0 unspecified atom stereocenters. The van der Waals surface area contributed by atoms with E-state index in [0.29, 0.717) is 0 Å². The van der Waals surface area contributed by atoms with Crippen LogP contribution in [0, 0.1) is 0 Å². The van der Waals surface area contributed by atoms with Gasteiger partial charge in [-0.3, -0.25) is 15.0 Å². The van der Waals surface area contributed by atoms with Crippen molar-refractivity contribution in [3.8, 4) is 11.5 Å². The van der Waals surface area contributed by atoms with Crippen molar-refractivity contribution in [3.05, 3.63) is 132 Å². The first-order valence-electron chi connectivity index (χ1n) is 11.1. The molecule has 0 aliphatic carbocycles. The molecule has 154 valence electrons. The summed E-state index contributed by atoms with van der Waals surface area (Å²) in [6.45, 7) is 0.0337. The Hall–Kier alpha value is -4.25. The summed E-state index contributed by atoms with van der Waals surface area (Å²) in [6, 6.07) is 31.1. The van der Waals surface area contributed by atoms with Crippen LogP contribution in [-0.2, 0) is 5.41 Å². The minimum atomic E-state index is -0.760. The number of ether oxygens (including phenoxy) is 1. The Morgan fingerprint density at radius 2 is 1.12 bits per heavy atom. The van der Waals surface area contributed by atoms with E-state index in [0.717, 1.165) is 45.1 Å². The molecule has 33 heavy (non-hydrogen) atoms. The van der Waals surface area contributed by atoms with E-state index in [9.17, 15) is 0 Å². The molecule has 2 aliphatic heterocycles. The Kier molecular flexibility index (Phi) is 3.82. The maximum Gasteiger partial charge on any atom is 0.246 e. The summed E-state index contributed by atoms with van der Waals surface area (Å²) in [5, 5.41) is 0. The highest BCUT2D eigenvalue weighted by Gasteiger charge is 2.55. The number of nitrogens with zero attached hydrogens (tertiary/aromatic N) is 3. The molecule has 0 amide bonds. The minimum absolute atomic E-state index is 0.0337. The molecule has 5 heterocycles. The number of pyridine rings is 3. The average molecular weight is 423 g/mol. The molecular weight excluding hydrogens is 405 g/mol. The van der Waals surface area contributed by atoms with Crippen molar-refractivity contribution in [3.63, 3.8) is 0 Å². The average Bonchev–Trinajstić information content (AvgIpc) is 2.89. The molecule has 1 spiro atoms. The van der Waals surface area contributed by atoms with Gasteiger partial charge in [-0.15, -0.1) is 0 Å². The van der Waals surface area contributed by atoms with Crippen molar-refractivity contribution in [2.24, 2.45) is 0 Å². The maximum absolute atomic E-state index is 6.33. The van der Waals surface area contributed by atoms with E-state index in [1.165, 1.54) is 5.46 Å². The van der Waals surface area contributed by atoms with Gasteiger partial charge in [-0.1, -0.05) is 66.1 Å². The topological polar surface area (TPSA) is 47.9 Å². The van der Waals surface area contributed by atoms with Crippen molar-refractivity contribution < 1.29 is 4.74 Å². The van der Waals surface area contributed by atoms with Gasteiger partial charge in [0.2, 0.25) is 6.71 Å². The van der Waals surface area contributed by atoms with Gasteiger partial charge in [0.25, 0.3) is 0 Å². The molecule has 2 aromatic carbocycles. The van der Waals surface area contributed by atoms with Gasteiger partial charge >= 0.3 is 0 Å². The van der Waals surface area contributed by atoms with Crippen LogP contribution in [0.5, 0.6) is 11.5 Å². The highest BCUT2D eigenvalue weighted by Crippen LogP contribution is 2.53. The second-order valence-electron chi connectivity index (χ2n) is 8.42. The van der Waals surface area contributed by atoms with Crippen LogP contribution in [0.2, 0.25) is 0 Å². The van der Waals surface area contributed by atoms with Gasteiger partial charge < -0.3 is 4.74 Å². The Morgan fingerprint density at radius 1 is 0.545 bits per heavy atom. The van der Waals surface area contributed by atoms with E-state index in [4.69, 9.17) is 19.7 Å². The second-order valence-corrected chi connectivity index (χ2v) is 8.42. The van der Waals surface area contributed by atoms with E-state index in [2.05, 4.69) is 48.5 Å². The van der Waals surface area contributed by atoms with Crippen LogP contribution in [0.1, 0.15) is 22.6 Å². The normalized spacial score (nSPS) is 14.5. The molecule has 0 N–H and O–H groups in total. The van der Waals surface area contributed by atoms with E-state index in [1.807, 2.05) is 61.1 Å². The minimum Gasteiger partial charge on any atom is -0.455 e. The maximum atomic E-state index is 6.33. The fraction of sp³-hybridized carbons (Fsp3) is 0.0357. The molecule has 4 nitrogen and oxygen atoms in total. The first-order chi connectivity index (χ1) is 16.4. The van der Waals surface area contributed by atoms with Gasteiger partial charge in [-0.25, -0.2) is 0 Å². The first-order valence-corrected chi connectivity index (χ1v) is 11.1. The monoisotopic (exact) mass is 423 g/mol. The smallest absolute Gasteiger partial charge is 0.246 e. The third kappa shape index (κ3) is 2.39. The lowest BCUT2D eigenvalue weighted by Gasteiger charge is -2.44. The number of hydrogen-bond donors (Lipinski definition) is 0. The molecule has 0 radical (unpaired) electrons. The van der Waals surface area contributed by atoms with Gasteiger partial charge in [0.05, 0.1) is 11.4 Å². The third-order valence-corrected chi connectivity index (χ3v) is 6.78. The van der Waals surface area contributed by atoms with E-state index < -0.39 is 5.41 Å². The molecule has 0 bridgehead atoms. The summed E-state index contributed by atoms with van der Waals surface area (Å²) in [4.78, 5) is 15.0. The summed E-state index contributed by atoms with van der Waals surface area (Å²) in [7, 11) is 0. The fourth-order valence-corrected chi connectivity index (χ4v) is 5.56. The molecule has 0 fully saturated rings. The van der Waals surface area contributed by atoms with E-state index in [-0.39, 0.29) is 6.71 Å². The predicted molar refractivity (Wildman–Crippen MR) is 129 cm³/mol. The summed E-state index contributed by atoms with van der Waals surface area (Å²) >= 11 is 0. The molecule has 0 atom stereocenters. The van der Waals surface area contributed by atoms with Crippen molar-refractivity contribution in [2.45, 2.75) is 5.41 Å². The van der Waals surface area contributed by atoms with Crippen LogP contribution in [0.3, 0.4) is 0 Å². The van der Waals surface area contributed by atoms with Gasteiger partial charge in [0.1, 0.15) is 16.9 Å². The fourth-order valence-electron chi connectivity index (χ4n) is 5.56. The van der Waals surface area contributed by atoms with E-state index >= 15 is 0 Å². The lowest BCUT2D eigenvalue weighted by molar-refractivity contribution is 0.423. The Bertz CT molecular complexity index is 1420. The number of benzene rings is 2. The van der Waals surface area contributed by atoms with Crippen LogP contribution >= 0.6 is 0 Å². The van der Waals surface area contributed by atoms with Crippen LogP contribution in [0.4, 0.5) is 0 Å². The zero-order valence-corrected chi connectivity index (χ0v) is 17.7. The zero-order valence-electron chi connectivity index (χ0n) is 17.7. The zero-order chi connectivity index (χ0) is 21.8. The van der Waals surface area contributed by atoms with Gasteiger partial charge in [0, 0.05) is 24.2 Å². The number of para-hydroxylation sites is 1. The van der Waals surface area contributed by atoms with Gasteiger partial charge in [-0.2, -0.15) is 0 Å². The standard InChI is InChI=1S/C28H18BN3O/c1-2-9-19(10-3-1)29-21-12-6-16-30-25(21)28(26-22(29)13-7-17-31-26)20-11-4-5-14-23(20)33-24-15-8-18-32-27(24)28/h1-18H. The second kappa shape index (κ2) is 6.88. The Balaban J connectivity index is 1.67. The van der Waals surface area contributed by atoms with Crippen molar-refractivity contribution in [1.29, 1.82) is 0 Å². The number of hydrogen-bond acceptors (Lipinski definition) is 4.